The van der Waals surface area contributed by atoms with Crippen LogP contribution in [0.1, 0.15) is 122 Å². The summed E-state index contributed by atoms with van der Waals surface area (Å²) in [5.41, 5.74) is 1.01. The van der Waals surface area contributed by atoms with E-state index in [4.69, 9.17) is 4.74 Å². The Morgan fingerprint density at radius 2 is 1.12 bits per heavy atom. The maximum Gasteiger partial charge on any atom is 0.325 e. The first-order valence-corrected chi connectivity index (χ1v) is 13.7. The fraction of sp³-hybridized carbons (Fsp3) is 0.759. The van der Waals surface area contributed by atoms with Crippen molar-refractivity contribution < 1.29 is 9.53 Å². The number of carbonyl (C=O) groups excluding carboxylic acids is 1. The molecule has 0 aliphatic heterocycles. The highest BCUT2D eigenvalue weighted by molar-refractivity contribution is 5.74. The number of aryl methyl sites for hydroxylation is 1. The average molecular weight is 446 g/mol. The molecule has 0 unspecified atom stereocenters. The first-order chi connectivity index (χ1) is 15.7. The Morgan fingerprint density at radius 1 is 0.688 bits per heavy atom. The van der Waals surface area contributed by atoms with Crippen molar-refractivity contribution in [3.63, 3.8) is 0 Å². The predicted molar refractivity (Wildman–Crippen MR) is 138 cm³/mol. The monoisotopic (exact) mass is 445 g/mol. The molecule has 0 atom stereocenters. The van der Waals surface area contributed by atoms with Crippen LogP contribution < -0.4 is 4.74 Å². The smallest absolute Gasteiger partial charge is 0.325 e. The van der Waals surface area contributed by atoms with Gasteiger partial charge in [0.1, 0.15) is 5.75 Å². The fourth-order valence-electron chi connectivity index (χ4n) is 4.22. The number of esters is 1. The maximum absolute atomic E-state index is 12.6. The Kier molecular flexibility index (Phi) is 18.2. The molecule has 0 aliphatic rings. The van der Waals surface area contributed by atoms with Gasteiger partial charge in [0.25, 0.3) is 0 Å². The van der Waals surface area contributed by atoms with Gasteiger partial charge in [0.15, 0.2) is 0 Å². The van der Waals surface area contributed by atoms with Crippen molar-refractivity contribution in [3.8, 4) is 5.75 Å². The van der Waals surface area contributed by atoms with Crippen molar-refractivity contribution in [1.82, 2.24) is 4.90 Å². The summed E-state index contributed by atoms with van der Waals surface area (Å²) < 4.78 is 5.66. The molecule has 0 saturated heterocycles. The summed E-state index contributed by atoms with van der Waals surface area (Å²) in [6, 6.07) is 7.77. The Bertz CT molecular complexity index is 552. The van der Waals surface area contributed by atoms with Crippen molar-refractivity contribution in [2.75, 3.05) is 19.6 Å². The molecule has 0 spiro atoms. The van der Waals surface area contributed by atoms with Crippen LogP contribution in [-0.2, 0) is 4.79 Å². The average Bonchev–Trinajstić information content (AvgIpc) is 2.78. The number of para-hydroxylation sites is 1. The number of hydrogen-bond acceptors (Lipinski definition) is 3. The summed E-state index contributed by atoms with van der Waals surface area (Å²) in [4.78, 5) is 14.9. The Morgan fingerprint density at radius 3 is 1.59 bits per heavy atom. The summed E-state index contributed by atoms with van der Waals surface area (Å²) in [7, 11) is 0. The predicted octanol–water partition coefficient (Wildman–Crippen LogP) is 8.48. The standard InChI is InChI=1S/C29H51NO2/c1-4-6-8-10-12-14-16-20-24-30(25-21-17-15-13-11-9-7-5-2)26-29(31)32-28-23-19-18-22-27(28)3/h18-19,22-23H,4-17,20-21,24-26H2,1-3H3. The zero-order chi connectivity index (χ0) is 23.3. The highest BCUT2D eigenvalue weighted by Crippen LogP contribution is 2.17. The lowest BCUT2D eigenvalue weighted by Gasteiger charge is -2.21. The van der Waals surface area contributed by atoms with Crippen LogP contribution in [0.5, 0.6) is 5.75 Å². The van der Waals surface area contributed by atoms with Crippen LogP contribution in [0.3, 0.4) is 0 Å². The number of nitrogens with zero attached hydrogens (tertiary/aromatic N) is 1. The van der Waals surface area contributed by atoms with E-state index < -0.39 is 0 Å². The molecule has 0 fully saturated rings. The quantitative estimate of drug-likeness (QED) is 0.108. The van der Waals surface area contributed by atoms with Gasteiger partial charge < -0.3 is 4.74 Å². The number of ether oxygens (including phenoxy) is 1. The molecule has 1 aromatic rings. The highest BCUT2D eigenvalue weighted by Gasteiger charge is 2.13. The number of unbranched alkanes of at least 4 members (excludes halogenated alkanes) is 14. The zero-order valence-electron chi connectivity index (χ0n) is 21.5. The summed E-state index contributed by atoms with van der Waals surface area (Å²) in [6.07, 6.45) is 21.1. The molecule has 0 radical (unpaired) electrons. The first-order valence-electron chi connectivity index (χ1n) is 13.7. The van der Waals surface area contributed by atoms with Crippen molar-refractivity contribution in [1.29, 1.82) is 0 Å². The zero-order valence-corrected chi connectivity index (χ0v) is 21.5. The molecular weight excluding hydrogens is 394 g/mol. The summed E-state index contributed by atoms with van der Waals surface area (Å²) in [5.74, 6) is 0.565. The SMILES string of the molecule is CCCCCCCCCCN(CCCCCCCCCC)CC(=O)Oc1ccccc1C. The van der Waals surface area contributed by atoms with E-state index in [0.717, 1.165) is 18.7 Å². The molecule has 0 saturated carbocycles. The number of benzene rings is 1. The minimum absolute atomic E-state index is 0.126. The lowest BCUT2D eigenvalue weighted by atomic mass is 10.1. The van der Waals surface area contributed by atoms with E-state index in [2.05, 4.69) is 18.7 Å². The van der Waals surface area contributed by atoms with Gasteiger partial charge in [-0.15, -0.1) is 0 Å². The van der Waals surface area contributed by atoms with Crippen molar-refractivity contribution in [3.05, 3.63) is 29.8 Å². The van der Waals surface area contributed by atoms with Crippen molar-refractivity contribution in [2.24, 2.45) is 0 Å². The van der Waals surface area contributed by atoms with Crippen LogP contribution >= 0.6 is 0 Å². The first kappa shape index (κ1) is 28.7. The third kappa shape index (κ3) is 15.5. The lowest BCUT2D eigenvalue weighted by molar-refractivity contribution is -0.135. The maximum atomic E-state index is 12.6. The van der Waals surface area contributed by atoms with E-state index >= 15 is 0 Å². The van der Waals surface area contributed by atoms with Crippen LogP contribution in [0, 0.1) is 6.92 Å². The van der Waals surface area contributed by atoms with Gasteiger partial charge in [-0.05, 0) is 44.5 Å². The largest absolute Gasteiger partial charge is 0.425 e. The van der Waals surface area contributed by atoms with E-state index in [0.29, 0.717) is 12.3 Å². The van der Waals surface area contributed by atoms with Gasteiger partial charge in [0.05, 0.1) is 6.54 Å². The fourth-order valence-corrected chi connectivity index (χ4v) is 4.22. The van der Waals surface area contributed by atoms with Crippen LogP contribution in [0.4, 0.5) is 0 Å². The lowest BCUT2D eigenvalue weighted by Crippen LogP contribution is -2.34. The topological polar surface area (TPSA) is 29.5 Å². The van der Waals surface area contributed by atoms with Crippen molar-refractivity contribution in [2.45, 2.75) is 124 Å². The van der Waals surface area contributed by atoms with Crippen molar-refractivity contribution >= 4 is 5.97 Å². The summed E-state index contributed by atoms with van der Waals surface area (Å²) in [6.45, 7) is 8.95. The van der Waals surface area contributed by atoms with Gasteiger partial charge in [-0.1, -0.05) is 122 Å². The second kappa shape index (κ2) is 20.3. The molecule has 184 valence electrons. The Balaban J connectivity index is 2.33. The molecule has 0 N–H and O–H groups in total. The summed E-state index contributed by atoms with van der Waals surface area (Å²) >= 11 is 0. The minimum atomic E-state index is -0.126. The third-order valence-electron chi connectivity index (χ3n) is 6.33. The van der Waals surface area contributed by atoms with E-state index in [1.165, 1.54) is 103 Å². The van der Waals surface area contributed by atoms with Gasteiger partial charge in [0, 0.05) is 0 Å². The van der Waals surface area contributed by atoms with E-state index in [-0.39, 0.29) is 5.97 Å². The minimum Gasteiger partial charge on any atom is -0.425 e. The Labute approximate surface area is 199 Å². The van der Waals surface area contributed by atoms with E-state index in [9.17, 15) is 4.79 Å². The van der Waals surface area contributed by atoms with Crippen LogP contribution in [0.25, 0.3) is 0 Å². The third-order valence-corrected chi connectivity index (χ3v) is 6.33. The number of carbonyl (C=O) groups is 1. The van der Waals surface area contributed by atoms with Crippen LogP contribution in [0.15, 0.2) is 24.3 Å². The van der Waals surface area contributed by atoms with Gasteiger partial charge in [-0.3, -0.25) is 9.69 Å². The molecule has 0 heterocycles. The number of hydrogen-bond donors (Lipinski definition) is 0. The number of rotatable bonds is 21. The molecule has 0 aliphatic carbocycles. The second-order valence-electron chi connectivity index (χ2n) is 9.47. The Hall–Kier alpha value is -1.35. The van der Waals surface area contributed by atoms with Crippen LogP contribution in [-0.4, -0.2) is 30.5 Å². The molecule has 0 amide bonds. The molecule has 3 heteroatoms. The highest BCUT2D eigenvalue weighted by atomic mass is 16.5. The molecule has 32 heavy (non-hydrogen) atoms. The molecule has 3 nitrogen and oxygen atoms in total. The van der Waals surface area contributed by atoms with E-state index in [1.807, 2.05) is 31.2 Å². The summed E-state index contributed by atoms with van der Waals surface area (Å²) in [5, 5.41) is 0. The molecule has 0 bridgehead atoms. The van der Waals surface area contributed by atoms with Crippen LogP contribution in [0.2, 0.25) is 0 Å². The molecular formula is C29H51NO2. The molecule has 0 aromatic heterocycles. The normalized spacial score (nSPS) is 11.2. The molecule has 1 rings (SSSR count). The molecule has 1 aromatic carbocycles. The van der Waals surface area contributed by atoms with Gasteiger partial charge in [-0.25, -0.2) is 0 Å². The second-order valence-corrected chi connectivity index (χ2v) is 9.47. The van der Waals surface area contributed by atoms with E-state index in [1.54, 1.807) is 0 Å². The van der Waals surface area contributed by atoms with Gasteiger partial charge in [0.2, 0.25) is 0 Å². The van der Waals surface area contributed by atoms with Gasteiger partial charge in [-0.2, -0.15) is 0 Å². The van der Waals surface area contributed by atoms with Gasteiger partial charge >= 0.3 is 5.97 Å².